The van der Waals surface area contributed by atoms with Crippen LogP contribution in [-0.2, 0) is 4.79 Å². The molecule has 4 rings (SSSR count). The molecule has 2 heterocycles. The average molecular weight is 385 g/mol. The van der Waals surface area contributed by atoms with Gasteiger partial charge in [0, 0.05) is 37.7 Å². The van der Waals surface area contributed by atoms with Crippen LogP contribution >= 0.6 is 0 Å². The van der Waals surface area contributed by atoms with Crippen LogP contribution < -0.4 is 4.74 Å². The maximum absolute atomic E-state index is 12.8. The third kappa shape index (κ3) is 4.86. The quantitative estimate of drug-likeness (QED) is 0.777. The van der Waals surface area contributed by atoms with Crippen molar-refractivity contribution in [1.82, 2.24) is 9.80 Å². The molecule has 5 heteroatoms. The summed E-state index contributed by atoms with van der Waals surface area (Å²) < 4.78 is 5.75. The van der Waals surface area contributed by atoms with E-state index in [1.165, 1.54) is 25.7 Å². The lowest BCUT2D eigenvalue weighted by molar-refractivity contribution is -0.136. The molecule has 2 amide bonds. The zero-order valence-electron chi connectivity index (χ0n) is 16.8. The van der Waals surface area contributed by atoms with Crippen molar-refractivity contribution < 1.29 is 14.3 Å². The van der Waals surface area contributed by atoms with Gasteiger partial charge in [0.2, 0.25) is 5.91 Å². The Bertz CT molecular complexity index is 668. The van der Waals surface area contributed by atoms with Gasteiger partial charge >= 0.3 is 0 Å². The fourth-order valence-electron chi connectivity index (χ4n) is 4.25. The van der Waals surface area contributed by atoms with Crippen molar-refractivity contribution in [2.45, 2.75) is 51.4 Å². The van der Waals surface area contributed by atoms with Gasteiger partial charge in [0.25, 0.3) is 5.91 Å². The Labute approximate surface area is 168 Å². The Hall–Kier alpha value is -2.04. The largest absolute Gasteiger partial charge is 0.493 e. The van der Waals surface area contributed by atoms with E-state index < -0.39 is 0 Å². The van der Waals surface area contributed by atoms with Gasteiger partial charge in [-0.3, -0.25) is 9.59 Å². The molecule has 2 aliphatic heterocycles. The Morgan fingerprint density at radius 3 is 2.07 bits per heavy atom. The van der Waals surface area contributed by atoms with Crippen LogP contribution in [0.2, 0.25) is 0 Å². The second kappa shape index (κ2) is 8.97. The van der Waals surface area contributed by atoms with Crippen molar-refractivity contribution in [2.24, 2.45) is 11.8 Å². The number of ether oxygens (including phenoxy) is 1. The van der Waals surface area contributed by atoms with Crippen LogP contribution in [0.5, 0.6) is 5.75 Å². The van der Waals surface area contributed by atoms with Crippen molar-refractivity contribution in [3.8, 4) is 5.75 Å². The molecule has 0 unspecified atom stereocenters. The number of piperidine rings is 1. The first-order chi connectivity index (χ1) is 13.7. The number of nitrogens with zero attached hydrogens (tertiary/aromatic N) is 2. The maximum atomic E-state index is 12.8. The number of amides is 2. The van der Waals surface area contributed by atoms with Crippen LogP contribution in [0.15, 0.2) is 24.3 Å². The molecule has 0 bridgehead atoms. The van der Waals surface area contributed by atoms with Crippen LogP contribution in [0.3, 0.4) is 0 Å². The van der Waals surface area contributed by atoms with Crippen molar-refractivity contribution in [3.05, 3.63) is 29.8 Å². The summed E-state index contributed by atoms with van der Waals surface area (Å²) in [6.07, 6.45) is 8.84. The number of rotatable bonds is 5. The maximum Gasteiger partial charge on any atom is 0.253 e. The summed E-state index contributed by atoms with van der Waals surface area (Å²) in [5.41, 5.74) is 0.705. The van der Waals surface area contributed by atoms with E-state index in [0.717, 1.165) is 57.0 Å². The Morgan fingerprint density at radius 1 is 0.821 bits per heavy atom. The fraction of sp³-hybridized carbons (Fsp3) is 0.652. The van der Waals surface area contributed by atoms with E-state index in [9.17, 15) is 9.59 Å². The normalized spacial score (nSPS) is 21.3. The molecule has 3 fully saturated rings. The number of carbonyl (C=O) groups is 2. The molecule has 1 aromatic rings. The van der Waals surface area contributed by atoms with E-state index in [2.05, 4.69) is 4.90 Å². The molecular weight excluding hydrogens is 352 g/mol. The SMILES string of the molecule is O=C(c1ccc(OCC2CC2)cc1)N1CCC(C(=O)N2CCCCCC2)CC1. The van der Waals surface area contributed by atoms with Crippen LogP contribution in [-0.4, -0.2) is 54.4 Å². The van der Waals surface area contributed by atoms with Gasteiger partial charge < -0.3 is 14.5 Å². The van der Waals surface area contributed by atoms with Crippen LogP contribution in [0.1, 0.15) is 61.7 Å². The molecule has 28 heavy (non-hydrogen) atoms. The van der Waals surface area contributed by atoms with E-state index >= 15 is 0 Å². The number of hydrogen-bond donors (Lipinski definition) is 0. The second-order valence-electron chi connectivity index (χ2n) is 8.58. The van der Waals surface area contributed by atoms with E-state index in [1.54, 1.807) is 0 Å². The summed E-state index contributed by atoms with van der Waals surface area (Å²) in [5, 5.41) is 0. The Kier molecular flexibility index (Phi) is 6.18. The Morgan fingerprint density at radius 2 is 1.46 bits per heavy atom. The number of likely N-dealkylation sites (tertiary alicyclic amines) is 2. The first-order valence-electron chi connectivity index (χ1n) is 11.0. The van der Waals surface area contributed by atoms with Gasteiger partial charge in [-0.05, 0) is 68.7 Å². The minimum absolute atomic E-state index is 0.0643. The average Bonchev–Trinajstić information content (AvgIpc) is 3.59. The predicted octanol–water partition coefficient (Wildman–Crippen LogP) is 3.73. The van der Waals surface area contributed by atoms with Gasteiger partial charge in [-0.15, -0.1) is 0 Å². The highest BCUT2D eigenvalue weighted by atomic mass is 16.5. The summed E-state index contributed by atoms with van der Waals surface area (Å²) in [6.45, 7) is 3.94. The summed E-state index contributed by atoms with van der Waals surface area (Å²) in [4.78, 5) is 29.6. The van der Waals surface area contributed by atoms with Crippen molar-refractivity contribution >= 4 is 11.8 Å². The highest BCUT2D eigenvalue weighted by molar-refractivity contribution is 5.94. The fourth-order valence-corrected chi connectivity index (χ4v) is 4.25. The summed E-state index contributed by atoms with van der Waals surface area (Å²) in [6, 6.07) is 7.51. The van der Waals surface area contributed by atoms with Gasteiger partial charge in [0.05, 0.1) is 6.61 Å². The lowest BCUT2D eigenvalue weighted by atomic mass is 9.94. The van der Waals surface area contributed by atoms with E-state index in [0.29, 0.717) is 24.6 Å². The van der Waals surface area contributed by atoms with Crippen molar-refractivity contribution in [3.63, 3.8) is 0 Å². The third-order valence-corrected chi connectivity index (χ3v) is 6.33. The molecule has 1 saturated carbocycles. The molecular formula is C23H32N2O3. The monoisotopic (exact) mass is 384 g/mol. The molecule has 152 valence electrons. The third-order valence-electron chi connectivity index (χ3n) is 6.33. The zero-order valence-corrected chi connectivity index (χ0v) is 16.8. The van der Waals surface area contributed by atoms with Gasteiger partial charge in [0.15, 0.2) is 0 Å². The molecule has 1 aliphatic carbocycles. The number of benzene rings is 1. The second-order valence-corrected chi connectivity index (χ2v) is 8.58. The molecule has 0 aromatic heterocycles. The standard InChI is InChI=1S/C23H32N2O3/c26-22(19-7-9-21(10-8-19)28-17-18-5-6-18)25-15-11-20(12-16-25)23(27)24-13-3-1-2-4-14-24/h7-10,18,20H,1-6,11-17H2. The molecule has 0 atom stereocenters. The molecule has 0 spiro atoms. The number of hydrogen-bond acceptors (Lipinski definition) is 3. The van der Waals surface area contributed by atoms with Gasteiger partial charge in [-0.25, -0.2) is 0 Å². The van der Waals surface area contributed by atoms with Crippen LogP contribution in [0.25, 0.3) is 0 Å². The topological polar surface area (TPSA) is 49.9 Å². The first kappa shape index (κ1) is 19.3. The lowest BCUT2D eigenvalue weighted by Crippen LogP contribution is -2.44. The van der Waals surface area contributed by atoms with E-state index in [1.807, 2.05) is 29.2 Å². The smallest absolute Gasteiger partial charge is 0.253 e. The highest BCUT2D eigenvalue weighted by Crippen LogP contribution is 2.29. The van der Waals surface area contributed by atoms with Gasteiger partial charge in [-0.2, -0.15) is 0 Å². The van der Waals surface area contributed by atoms with E-state index in [-0.39, 0.29) is 11.8 Å². The van der Waals surface area contributed by atoms with Gasteiger partial charge in [-0.1, -0.05) is 12.8 Å². The molecule has 5 nitrogen and oxygen atoms in total. The molecule has 0 radical (unpaired) electrons. The molecule has 0 N–H and O–H groups in total. The van der Waals surface area contributed by atoms with Gasteiger partial charge in [0.1, 0.15) is 5.75 Å². The van der Waals surface area contributed by atoms with E-state index in [4.69, 9.17) is 4.74 Å². The minimum atomic E-state index is 0.0643. The summed E-state index contributed by atoms with van der Waals surface area (Å²) in [5.74, 6) is 2.02. The molecule has 1 aromatic carbocycles. The molecule has 3 aliphatic rings. The first-order valence-corrected chi connectivity index (χ1v) is 11.0. The van der Waals surface area contributed by atoms with Crippen molar-refractivity contribution in [1.29, 1.82) is 0 Å². The summed E-state index contributed by atoms with van der Waals surface area (Å²) in [7, 11) is 0. The minimum Gasteiger partial charge on any atom is -0.493 e. The highest BCUT2D eigenvalue weighted by Gasteiger charge is 2.30. The Balaban J connectivity index is 1.26. The zero-order chi connectivity index (χ0) is 19.3. The predicted molar refractivity (Wildman–Crippen MR) is 108 cm³/mol. The van der Waals surface area contributed by atoms with Crippen LogP contribution in [0.4, 0.5) is 0 Å². The van der Waals surface area contributed by atoms with Crippen molar-refractivity contribution in [2.75, 3.05) is 32.8 Å². The van der Waals surface area contributed by atoms with Crippen LogP contribution in [0, 0.1) is 11.8 Å². The summed E-state index contributed by atoms with van der Waals surface area (Å²) >= 11 is 0. The molecule has 2 saturated heterocycles. The lowest BCUT2D eigenvalue weighted by Gasteiger charge is -2.34. The number of carbonyl (C=O) groups excluding carboxylic acids is 2.